The van der Waals surface area contributed by atoms with E-state index >= 15 is 4.39 Å². The minimum absolute atomic E-state index is 0.131. The molecule has 3 aromatic heterocycles. The lowest BCUT2D eigenvalue weighted by molar-refractivity contribution is 0.122. The molecule has 0 saturated carbocycles. The van der Waals surface area contributed by atoms with E-state index in [-0.39, 0.29) is 16.6 Å². The molecule has 0 atom stereocenters. The zero-order valence-corrected chi connectivity index (χ0v) is 23.8. The zero-order chi connectivity index (χ0) is 28.2. The fourth-order valence-corrected chi connectivity index (χ4v) is 5.75. The van der Waals surface area contributed by atoms with Gasteiger partial charge in [0.05, 0.1) is 40.5 Å². The summed E-state index contributed by atoms with van der Waals surface area (Å²) in [5.74, 6) is 1.02. The van der Waals surface area contributed by atoms with Gasteiger partial charge in [-0.1, -0.05) is 23.7 Å². The molecule has 1 aliphatic rings. The molecule has 12 heteroatoms. The van der Waals surface area contributed by atoms with Crippen molar-refractivity contribution in [2.45, 2.75) is 4.90 Å². The number of ether oxygens (including phenoxy) is 2. The summed E-state index contributed by atoms with van der Waals surface area (Å²) in [5, 5.41) is 2.04. The van der Waals surface area contributed by atoms with Crippen LogP contribution < -0.4 is 14.4 Å². The Kier molecular flexibility index (Phi) is 8.28. The second-order valence-electron chi connectivity index (χ2n) is 8.97. The lowest BCUT2D eigenvalue weighted by Crippen LogP contribution is -2.36. The number of morpholine rings is 1. The minimum Gasteiger partial charge on any atom is -0.453 e. The number of nitrogens with zero attached hydrogens (tertiary/aromatic N) is 4. The standard InChI is InChI=1S/C29H22ClF2N5O2S2/c30-22-13-27(41-36-28-16-40-17-35-28)23(32)14-25(22)39-26-15-34-24(19-2-1-3-20(31)10-19)12-21(26)18-4-5-33-29(11-18)37-6-8-38-9-7-37/h1-5,10-17,36H,6-9H2. The van der Waals surface area contributed by atoms with Crippen LogP contribution in [0.1, 0.15) is 0 Å². The maximum atomic E-state index is 15.1. The van der Waals surface area contributed by atoms with Gasteiger partial charge in [0, 0.05) is 41.9 Å². The summed E-state index contributed by atoms with van der Waals surface area (Å²) in [6.07, 6.45) is 3.26. The summed E-state index contributed by atoms with van der Waals surface area (Å²) < 4.78 is 43.7. The molecule has 0 spiro atoms. The van der Waals surface area contributed by atoms with Crippen molar-refractivity contribution in [3.8, 4) is 33.9 Å². The van der Waals surface area contributed by atoms with Gasteiger partial charge in [0.15, 0.2) is 5.75 Å². The number of benzene rings is 2. The van der Waals surface area contributed by atoms with Crippen molar-refractivity contribution < 1.29 is 18.3 Å². The van der Waals surface area contributed by atoms with Gasteiger partial charge in [-0.05, 0) is 53.9 Å². The number of thiazole rings is 1. The van der Waals surface area contributed by atoms with Gasteiger partial charge in [0.2, 0.25) is 0 Å². The van der Waals surface area contributed by atoms with E-state index in [9.17, 15) is 4.39 Å². The molecule has 5 aromatic rings. The topological polar surface area (TPSA) is 72.4 Å². The molecular weight excluding hydrogens is 588 g/mol. The molecule has 2 aromatic carbocycles. The summed E-state index contributed by atoms with van der Waals surface area (Å²) in [6.45, 7) is 2.69. The van der Waals surface area contributed by atoms with E-state index < -0.39 is 5.82 Å². The Hall–Kier alpha value is -3.77. The molecule has 1 N–H and O–H groups in total. The smallest absolute Gasteiger partial charge is 0.153 e. The van der Waals surface area contributed by atoms with Crippen LogP contribution in [0.15, 0.2) is 82.8 Å². The van der Waals surface area contributed by atoms with Crippen molar-refractivity contribution >= 4 is 46.5 Å². The van der Waals surface area contributed by atoms with Crippen LogP contribution in [0.4, 0.5) is 20.4 Å². The summed E-state index contributed by atoms with van der Waals surface area (Å²) in [6, 6.07) is 14.6. The second-order valence-corrected chi connectivity index (χ2v) is 10.9. The SMILES string of the molecule is Fc1cccc(-c2cc(-c3ccnc(N4CCOCC4)c3)c(Oc3cc(F)c(SNc4cscn4)cc3Cl)cn2)c1. The molecule has 0 unspecified atom stereocenters. The molecule has 1 fully saturated rings. The number of aromatic nitrogens is 3. The van der Waals surface area contributed by atoms with Crippen molar-refractivity contribution in [2.24, 2.45) is 0 Å². The molecule has 7 nitrogen and oxygen atoms in total. The fraction of sp³-hybridized carbons (Fsp3) is 0.138. The lowest BCUT2D eigenvalue weighted by Gasteiger charge is -2.28. The highest BCUT2D eigenvalue weighted by molar-refractivity contribution is 8.00. The molecule has 0 radical (unpaired) electrons. The van der Waals surface area contributed by atoms with E-state index in [1.165, 1.54) is 41.8 Å². The Bertz CT molecular complexity index is 1670. The Balaban J connectivity index is 1.35. The monoisotopic (exact) mass is 609 g/mol. The van der Waals surface area contributed by atoms with E-state index in [4.69, 9.17) is 21.1 Å². The zero-order valence-electron chi connectivity index (χ0n) is 21.4. The largest absolute Gasteiger partial charge is 0.453 e. The van der Waals surface area contributed by atoms with Crippen LogP contribution in [0, 0.1) is 11.6 Å². The van der Waals surface area contributed by atoms with Crippen LogP contribution in [0.5, 0.6) is 11.5 Å². The molecule has 1 saturated heterocycles. The number of hydrogen-bond donors (Lipinski definition) is 1. The van der Waals surface area contributed by atoms with Crippen molar-refractivity contribution in [1.82, 2.24) is 15.0 Å². The summed E-state index contributed by atoms with van der Waals surface area (Å²) in [7, 11) is 0. The number of rotatable bonds is 8. The number of hydrogen-bond acceptors (Lipinski definition) is 9. The predicted octanol–water partition coefficient (Wildman–Crippen LogP) is 7.95. The van der Waals surface area contributed by atoms with E-state index in [0.29, 0.717) is 46.5 Å². The Morgan fingerprint density at radius 3 is 2.66 bits per heavy atom. The van der Waals surface area contributed by atoms with Crippen LogP contribution in [-0.2, 0) is 4.74 Å². The highest BCUT2D eigenvalue weighted by Gasteiger charge is 2.18. The molecule has 6 rings (SSSR count). The Labute approximate surface area is 248 Å². The molecule has 1 aliphatic heterocycles. The van der Waals surface area contributed by atoms with Crippen LogP contribution in [0.2, 0.25) is 5.02 Å². The molecule has 208 valence electrons. The number of anilines is 2. The summed E-state index contributed by atoms with van der Waals surface area (Å²) in [4.78, 5) is 15.6. The van der Waals surface area contributed by atoms with E-state index in [1.54, 1.807) is 23.8 Å². The highest BCUT2D eigenvalue weighted by Crippen LogP contribution is 2.40. The Morgan fingerprint density at radius 1 is 0.976 bits per heavy atom. The van der Waals surface area contributed by atoms with Crippen molar-refractivity contribution in [2.75, 3.05) is 35.9 Å². The first-order chi connectivity index (χ1) is 20.0. The Morgan fingerprint density at radius 2 is 1.85 bits per heavy atom. The first kappa shape index (κ1) is 27.4. The van der Waals surface area contributed by atoms with Gasteiger partial charge >= 0.3 is 0 Å². The summed E-state index contributed by atoms with van der Waals surface area (Å²) >= 11 is 9.04. The molecule has 0 bridgehead atoms. The van der Waals surface area contributed by atoms with Crippen molar-refractivity contribution in [3.63, 3.8) is 0 Å². The van der Waals surface area contributed by atoms with Crippen LogP contribution in [-0.4, -0.2) is 41.3 Å². The van der Waals surface area contributed by atoms with Gasteiger partial charge in [0.1, 0.15) is 29.0 Å². The van der Waals surface area contributed by atoms with Gasteiger partial charge < -0.3 is 19.1 Å². The third-order valence-corrected chi connectivity index (χ3v) is 8.01. The van der Waals surface area contributed by atoms with Gasteiger partial charge in [-0.3, -0.25) is 4.98 Å². The second kappa shape index (κ2) is 12.4. The van der Waals surface area contributed by atoms with Gasteiger partial charge in [-0.15, -0.1) is 11.3 Å². The van der Waals surface area contributed by atoms with Crippen LogP contribution >= 0.6 is 34.9 Å². The number of pyridine rings is 2. The quantitative estimate of drug-likeness (QED) is 0.178. The normalized spacial score (nSPS) is 13.3. The van der Waals surface area contributed by atoms with Crippen LogP contribution in [0.25, 0.3) is 22.4 Å². The molecular formula is C29H22ClF2N5O2S2. The highest BCUT2D eigenvalue weighted by atomic mass is 35.5. The van der Waals surface area contributed by atoms with E-state index in [0.717, 1.165) is 36.4 Å². The first-order valence-corrected chi connectivity index (χ1v) is 14.7. The van der Waals surface area contributed by atoms with Gasteiger partial charge in [-0.25, -0.2) is 18.7 Å². The van der Waals surface area contributed by atoms with Gasteiger partial charge in [0.25, 0.3) is 0 Å². The molecule has 0 amide bonds. The first-order valence-electron chi connectivity index (χ1n) is 12.6. The van der Waals surface area contributed by atoms with Crippen LogP contribution in [0.3, 0.4) is 0 Å². The molecule has 41 heavy (non-hydrogen) atoms. The molecule has 0 aliphatic carbocycles. The maximum absolute atomic E-state index is 15.1. The third kappa shape index (κ3) is 6.43. The van der Waals surface area contributed by atoms with E-state index in [2.05, 4.69) is 24.6 Å². The average molecular weight is 610 g/mol. The van der Waals surface area contributed by atoms with Crippen molar-refractivity contribution in [3.05, 3.63) is 94.5 Å². The molecule has 4 heterocycles. The summed E-state index contributed by atoms with van der Waals surface area (Å²) in [5.41, 5.74) is 4.30. The van der Waals surface area contributed by atoms with E-state index in [1.807, 2.05) is 23.6 Å². The van der Waals surface area contributed by atoms with Crippen molar-refractivity contribution in [1.29, 1.82) is 0 Å². The average Bonchev–Trinajstić information content (AvgIpc) is 3.53. The predicted molar refractivity (Wildman–Crippen MR) is 159 cm³/mol. The minimum atomic E-state index is -0.512. The third-order valence-electron chi connectivity index (χ3n) is 6.28. The van der Waals surface area contributed by atoms with Gasteiger partial charge in [-0.2, -0.15) is 0 Å². The number of halogens is 3. The lowest BCUT2D eigenvalue weighted by atomic mass is 10.0. The maximum Gasteiger partial charge on any atom is 0.153 e. The fourth-order valence-electron chi connectivity index (χ4n) is 4.26. The number of nitrogens with one attached hydrogen (secondary N) is 1.